The van der Waals surface area contributed by atoms with E-state index in [-0.39, 0.29) is 11.9 Å². The van der Waals surface area contributed by atoms with Crippen molar-refractivity contribution in [2.45, 2.75) is 32.7 Å². The highest BCUT2D eigenvalue weighted by Crippen LogP contribution is 2.31. The molecule has 7 nitrogen and oxygen atoms in total. The molecule has 2 unspecified atom stereocenters. The lowest BCUT2D eigenvalue weighted by atomic mass is 9.92. The van der Waals surface area contributed by atoms with Gasteiger partial charge in [0.15, 0.2) is 0 Å². The summed E-state index contributed by atoms with van der Waals surface area (Å²) >= 11 is 0. The molecule has 0 saturated carbocycles. The molecule has 7 heteroatoms. The molecule has 0 bridgehead atoms. The number of nitrogens with zero attached hydrogens (tertiary/aromatic N) is 4. The first-order chi connectivity index (χ1) is 8.91. The van der Waals surface area contributed by atoms with Crippen molar-refractivity contribution in [2.24, 2.45) is 18.7 Å². The zero-order valence-electron chi connectivity index (χ0n) is 11.7. The fourth-order valence-electron chi connectivity index (χ4n) is 2.69. The molecule has 0 amide bonds. The number of imidazole rings is 1. The van der Waals surface area contributed by atoms with E-state index < -0.39 is 4.92 Å². The van der Waals surface area contributed by atoms with Crippen molar-refractivity contribution in [3.05, 3.63) is 15.9 Å². The molecule has 106 valence electrons. The highest BCUT2D eigenvalue weighted by molar-refractivity contribution is 5.56. The van der Waals surface area contributed by atoms with Gasteiger partial charge in [-0.05, 0) is 35.6 Å². The van der Waals surface area contributed by atoms with Crippen LogP contribution in [0, 0.1) is 23.0 Å². The van der Waals surface area contributed by atoms with Crippen LogP contribution in [0.1, 0.15) is 25.6 Å². The van der Waals surface area contributed by atoms with Gasteiger partial charge < -0.3 is 20.7 Å². The second kappa shape index (κ2) is 5.16. The third kappa shape index (κ3) is 2.56. The molecule has 0 spiro atoms. The Morgan fingerprint density at radius 1 is 1.58 bits per heavy atom. The van der Waals surface area contributed by atoms with E-state index in [0.29, 0.717) is 17.6 Å². The molecule has 1 saturated heterocycles. The highest BCUT2D eigenvalue weighted by Gasteiger charge is 2.32. The monoisotopic (exact) mass is 267 g/mol. The molecule has 19 heavy (non-hydrogen) atoms. The van der Waals surface area contributed by atoms with E-state index >= 15 is 0 Å². The Hall–Kier alpha value is -1.63. The van der Waals surface area contributed by atoms with E-state index in [1.54, 1.807) is 11.5 Å². The zero-order valence-corrected chi connectivity index (χ0v) is 11.7. The summed E-state index contributed by atoms with van der Waals surface area (Å²) in [7, 11) is 1.82. The molecule has 0 radical (unpaired) electrons. The molecule has 1 fully saturated rings. The quantitative estimate of drug-likeness (QED) is 0.656. The Labute approximate surface area is 112 Å². The number of nitrogens with two attached hydrogens (primary N) is 1. The van der Waals surface area contributed by atoms with E-state index in [2.05, 4.69) is 9.88 Å². The number of aryl methyl sites for hydroxylation is 1. The summed E-state index contributed by atoms with van der Waals surface area (Å²) in [5.74, 6) is 1.59. The van der Waals surface area contributed by atoms with Crippen molar-refractivity contribution in [2.75, 3.05) is 18.0 Å². The molecule has 2 N–H and O–H groups in total. The Balaban J connectivity index is 2.33. The minimum absolute atomic E-state index is 0.0506. The molecular formula is C12H21N5O2. The fourth-order valence-corrected chi connectivity index (χ4v) is 2.69. The molecule has 2 heterocycles. The highest BCUT2D eigenvalue weighted by atomic mass is 16.6. The maximum atomic E-state index is 11.1. The second-order valence-corrected chi connectivity index (χ2v) is 5.33. The molecule has 1 aliphatic rings. The topological polar surface area (TPSA) is 90.2 Å². The number of hydrogen-bond acceptors (Lipinski definition) is 5. The van der Waals surface area contributed by atoms with Gasteiger partial charge in [-0.15, -0.1) is 0 Å². The average molecular weight is 267 g/mol. The maximum absolute atomic E-state index is 11.1. The molecule has 0 aromatic carbocycles. The smallest absolute Gasteiger partial charge is 0.358 e. The van der Waals surface area contributed by atoms with E-state index in [1.807, 2.05) is 14.0 Å². The minimum atomic E-state index is -0.405. The number of aromatic nitrogens is 2. The molecule has 1 aromatic heterocycles. The number of piperidine rings is 1. The molecule has 2 atom stereocenters. The lowest BCUT2D eigenvalue weighted by molar-refractivity contribution is -0.388. The van der Waals surface area contributed by atoms with Crippen molar-refractivity contribution in [1.29, 1.82) is 0 Å². The van der Waals surface area contributed by atoms with Crippen molar-refractivity contribution < 1.29 is 4.92 Å². The van der Waals surface area contributed by atoms with Gasteiger partial charge in [-0.2, -0.15) is 0 Å². The lowest BCUT2D eigenvalue weighted by Crippen LogP contribution is -2.43. The maximum Gasteiger partial charge on any atom is 0.406 e. The predicted molar refractivity (Wildman–Crippen MR) is 73.2 cm³/mol. The number of nitro groups is 1. The van der Waals surface area contributed by atoms with Crippen molar-refractivity contribution in [1.82, 2.24) is 9.55 Å². The summed E-state index contributed by atoms with van der Waals surface area (Å²) < 4.78 is 1.79. The van der Waals surface area contributed by atoms with Gasteiger partial charge in [-0.1, -0.05) is 0 Å². The Morgan fingerprint density at radius 2 is 2.26 bits per heavy atom. The SMILES string of the molecule is Cc1nc([N+](=O)[O-])c(N2CCCC(C(C)N)C2)n1C. The predicted octanol–water partition coefficient (Wildman–Crippen LogP) is 1.20. The summed E-state index contributed by atoms with van der Waals surface area (Å²) in [5.41, 5.74) is 5.97. The van der Waals surface area contributed by atoms with Gasteiger partial charge >= 0.3 is 5.82 Å². The number of anilines is 1. The molecule has 2 rings (SSSR count). The lowest BCUT2D eigenvalue weighted by Gasteiger charge is -2.35. The van der Waals surface area contributed by atoms with Crippen LogP contribution in [-0.4, -0.2) is 33.6 Å². The van der Waals surface area contributed by atoms with E-state index in [0.717, 1.165) is 25.9 Å². The summed E-state index contributed by atoms with van der Waals surface area (Å²) in [5, 5.41) is 11.1. The number of rotatable bonds is 3. The first-order valence-electron chi connectivity index (χ1n) is 6.60. The summed E-state index contributed by atoms with van der Waals surface area (Å²) in [6.07, 6.45) is 2.09. The van der Waals surface area contributed by atoms with Crippen molar-refractivity contribution in [3.8, 4) is 0 Å². The van der Waals surface area contributed by atoms with Crippen LogP contribution < -0.4 is 10.6 Å². The van der Waals surface area contributed by atoms with Gasteiger partial charge in [0.25, 0.3) is 0 Å². The summed E-state index contributed by atoms with van der Waals surface area (Å²) in [6.45, 7) is 5.36. The first-order valence-corrected chi connectivity index (χ1v) is 6.60. The van der Waals surface area contributed by atoms with Gasteiger partial charge in [-0.3, -0.25) is 4.57 Å². The summed E-state index contributed by atoms with van der Waals surface area (Å²) in [4.78, 5) is 16.8. The third-order valence-electron chi connectivity index (χ3n) is 3.94. The van der Waals surface area contributed by atoms with Crippen LogP contribution in [0.25, 0.3) is 0 Å². The second-order valence-electron chi connectivity index (χ2n) is 5.33. The van der Waals surface area contributed by atoms with Crippen LogP contribution in [0.3, 0.4) is 0 Å². The van der Waals surface area contributed by atoms with Gasteiger partial charge in [-0.25, -0.2) is 0 Å². The molecular weight excluding hydrogens is 246 g/mol. The van der Waals surface area contributed by atoms with Gasteiger partial charge in [0.1, 0.15) is 0 Å². The van der Waals surface area contributed by atoms with Crippen LogP contribution in [0.4, 0.5) is 11.6 Å². The third-order valence-corrected chi connectivity index (χ3v) is 3.94. The Bertz CT molecular complexity index is 483. The molecule has 1 aromatic rings. The van der Waals surface area contributed by atoms with Gasteiger partial charge in [0, 0.05) is 33.1 Å². The van der Waals surface area contributed by atoms with Crippen molar-refractivity contribution in [3.63, 3.8) is 0 Å². The average Bonchev–Trinajstić information content (AvgIpc) is 2.66. The van der Waals surface area contributed by atoms with E-state index in [1.165, 1.54) is 0 Å². The van der Waals surface area contributed by atoms with Crippen LogP contribution in [0.2, 0.25) is 0 Å². The Kier molecular flexibility index (Phi) is 3.75. The van der Waals surface area contributed by atoms with Crippen LogP contribution >= 0.6 is 0 Å². The molecule has 0 aliphatic carbocycles. The van der Waals surface area contributed by atoms with E-state index in [9.17, 15) is 10.1 Å². The minimum Gasteiger partial charge on any atom is -0.358 e. The van der Waals surface area contributed by atoms with Crippen LogP contribution in [-0.2, 0) is 7.05 Å². The van der Waals surface area contributed by atoms with Crippen molar-refractivity contribution >= 4 is 11.6 Å². The van der Waals surface area contributed by atoms with Crippen LogP contribution in [0.15, 0.2) is 0 Å². The first kappa shape index (κ1) is 13.8. The normalized spacial score (nSPS) is 21.5. The zero-order chi connectivity index (χ0) is 14.2. The fraction of sp³-hybridized carbons (Fsp3) is 0.750. The van der Waals surface area contributed by atoms with Gasteiger partial charge in [0.2, 0.25) is 11.6 Å². The summed E-state index contributed by atoms with van der Waals surface area (Å²) in [6, 6.07) is 0.108. The largest absolute Gasteiger partial charge is 0.406 e. The van der Waals surface area contributed by atoms with Crippen LogP contribution in [0.5, 0.6) is 0 Å². The molecule has 1 aliphatic heterocycles. The Morgan fingerprint density at radius 3 is 2.84 bits per heavy atom. The van der Waals surface area contributed by atoms with E-state index in [4.69, 9.17) is 5.73 Å². The standard InChI is InChI=1S/C12H21N5O2/c1-8(13)10-5-4-6-16(7-10)12-11(17(18)19)14-9(2)15(12)3/h8,10H,4-7,13H2,1-3H3. The number of hydrogen-bond donors (Lipinski definition) is 1. The van der Waals surface area contributed by atoms with Gasteiger partial charge in [0.05, 0.1) is 0 Å².